The molecule has 0 aromatic carbocycles. The Morgan fingerprint density at radius 2 is 1.06 bits per heavy atom. The Balaban J connectivity index is 1.77. The van der Waals surface area contributed by atoms with Crippen LogP contribution in [-0.2, 0) is 42.8 Å². The molecule has 0 saturated carbocycles. The van der Waals surface area contributed by atoms with Crippen molar-refractivity contribution in [3.8, 4) is 0 Å². The molecule has 3 aliphatic heterocycles. The van der Waals surface area contributed by atoms with Crippen molar-refractivity contribution in [3.63, 3.8) is 0 Å². The molecule has 3 amide bonds. The van der Waals surface area contributed by atoms with Crippen molar-refractivity contribution in [2.75, 3.05) is 46.2 Å². The zero-order valence-corrected chi connectivity index (χ0v) is 28.4. The predicted molar refractivity (Wildman–Crippen MR) is 165 cm³/mol. The third-order valence-corrected chi connectivity index (χ3v) is 8.95. The first-order valence-corrected chi connectivity index (χ1v) is 16.4. The second kappa shape index (κ2) is 19.6. The normalized spacial score (nSPS) is 39.7. The fourth-order valence-electron chi connectivity index (χ4n) is 6.63. The number of hydrogen-bond acceptors (Lipinski definition) is 17. The molecule has 3 aliphatic rings. The van der Waals surface area contributed by atoms with Crippen LogP contribution in [0, 0.1) is 11.8 Å². The molecule has 0 radical (unpaired) electrons. The van der Waals surface area contributed by atoms with Gasteiger partial charge in [0.25, 0.3) is 0 Å². The first-order chi connectivity index (χ1) is 23.6. The number of aliphatic hydroxyl groups excluding tert-OH is 8. The zero-order valence-electron chi connectivity index (χ0n) is 28.4. The molecule has 3 rings (SSSR count). The first kappa shape index (κ1) is 42.3. The molecule has 0 aromatic heterocycles. The van der Waals surface area contributed by atoms with E-state index >= 15 is 0 Å². The monoisotopic (exact) mass is 727 g/mol. The Labute approximate surface area is 288 Å². The van der Waals surface area contributed by atoms with Crippen LogP contribution >= 0.6 is 0 Å². The molecule has 290 valence electrons. The molecular formula is C30H53N3O17. The van der Waals surface area contributed by atoms with Crippen molar-refractivity contribution in [1.82, 2.24) is 16.0 Å². The Kier molecular flexibility index (Phi) is 16.6. The van der Waals surface area contributed by atoms with Crippen molar-refractivity contribution in [1.29, 1.82) is 0 Å². The van der Waals surface area contributed by atoms with E-state index in [2.05, 4.69) is 16.0 Å². The van der Waals surface area contributed by atoms with Gasteiger partial charge in [-0.25, -0.2) is 0 Å². The Bertz CT molecular complexity index is 1090. The third kappa shape index (κ3) is 10.9. The van der Waals surface area contributed by atoms with Crippen molar-refractivity contribution in [3.05, 3.63) is 0 Å². The Morgan fingerprint density at radius 3 is 1.58 bits per heavy atom. The summed E-state index contributed by atoms with van der Waals surface area (Å²) in [5.74, 6) is -3.31. The summed E-state index contributed by atoms with van der Waals surface area (Å²) in [6, 6.07) is -3.31. The van der Waals surface area contributed by atoms with Crippen LogP contribution in [0.1, 0.15) is 27.7 Å². The molecule has 20 heteroatoms. The number of aliphatic hydroxyl groups is 8. The van der Waals surface area contributed by atoms with Crippen LogP contribution in [0.3, 0.4) is 0 Å². The van der Waals surface area contributed by atoms with E-state index in [0.717, 1.165) is 0 Å². The van der Waals surface area contributed by atoms with Gasteiger partial charge < -0.3 is 85.2 Å². The van der Waals surface area contributed by atoms with Crippen molar-refractivity contribution >= 4 is 17.7 Å². The van der Waals surface area contributed by atoms with Crippen LogP contribution in [0.2, 0.25) is 0 Å². The summed E-state index contributed by atoms with van der Waals surface area (Å²) in [6.45, 7) is 2.20. The highest BCUT2D eigenvalue weighted by Crippen LogP contribution is 2.32. The number of rotatable bonds is 16. The molecule has 3 fully saturated rings. The molecule has 0 aliphatic carbocycles. The standard InChI is InChI=1S/C30H53N3O17/c1-12(37)31-23-21(49-20(7-36)27(42)28(23)43)10-46-9-17-19(6-35)48-22(24(32-13(2)38)29(17)47-15(4)40)11-45-8-16-18(5-34)50-30(44)25(26(16)41)33-14(3)39/h15-30,34-36,40-44H,5-11H2,1-4H3,(H,31,37)(H,32,38)(H,33,39)/t15?,16-,17-,18?,19?,20?,21+,22+,23?,24?,25?,26+,27-,28-,29+,30-/m1/s1. The fraction of sp³-hybridized carbons (Fsp3) is 0.900. The van der Waals surface area contributed by atoms with Gasteiger partial charge in [-0.05, 0) is 6.92 Å². The number of carbonyl (C=O) groups is 3. The van der Waals surface area contributed by atoms with Crippen LogP contribution in [0.5, 0.6) is 0 Å². The molecule has 0 bridgehead atoms. The van der Waals surface area contributed by atoms with Gasteiger partial charge in [-0.15, -0.1) is 0 Å². The van der Waals surface area contributed by atoms with E-state index in [4.69, 9.17) is 28.4 Å². The van der Waals surface area contributed by atoms with Gasteiger partial charge in [0.05, 0.1) is 82.7 Å². The van der Waals surface area contributed by atoms with E-state index in [9.17, 15) is 55.2 Å². The molecule has 11 N–H and O–H groups in total. The third-order valence-electron chi connectivity index (χ3n) is 8.95. The van der Waals surface area contributed by atoms with Crippen LogP contribution in [0.15, 0.2) is 0 Å². The summed E-state index contributed by atoms with van der Waals surface area (Å²) in [6.07, 6.45) is -13.6. The van der Waals surface area contributed by atoms with Crippen LogP contribution in [0.25, 0.3) is 0 Å². The molecule has 0 spiro atoms. The largest absolute Gasteiger partial charge is 0.394 e. The average Bonchev–Trinajstić information content (AvgIpc) is 3.04. The fourth-order valence-corrected chi connectivity index (χ4v) is 6.63. The quantitative estimate of drug-likeness (QED) is 0.0659. The topological polar surface area (TPSA) is 305 Å². The van der Waals surface area contributed by atoms with Gasteiger partial charge in [0.1, 0.15) is 36.6 Å². The highest BCUT2D eigenvalue weighted by molar-refractivity contribution is 5.74. The molecular weight excluding hydrogens is 674 g/mol. The Hall–Kier alpha value is -2.15. The zero-order chi connectivity index (χ0) is 37.3. The lowest BCUT2D eigenvalue weighted by atomic mass is 9.85. The molecule has 3 saturated heterocycles. The van der Waals surface area contributed by atoms with Crippen LogP contribution in [0.4, 0.5) is 0 Å². The second-order valence-corrected chi connectivity index (χ2v) is 12.8. The van der Waals surface area contributed by atoms with E-state index in [1.165, 1.54) is 27.7 Å². The minimum Gasteiger partial charge on any atom is -0.394 e. The summed E-state index contributed by atoms with van der Waals surface area (Å²) < 4.78 is 34.9. The summed E-state index contributed by atoms with van der Waals surface area (Å²) in [5, 5.41) is 89.8. The molecule has 20 nitrogen and oxygen atoms in total. The average molecular weight is 728 g/mol. The van der Waals surface area contributed by atoms with Crippen LogP contribution in [-0.4, -0.2) is 190 Å². The van der Waals surface area contributed by atoms with E-state index in [1.54, 1.807) is 0 Å². The second-order valence-electron chi connectivity index (χ2n) is 12.8. The minimum atomic E-state index is -1.59. The van der Waals surface area contributed by atoms with E-state index < -0.39 is 135 Å². The van der Waals surface area contributed by atoms with E-state index in [1.807, 2.05) is 0 Å². The lowest BCUT2D eigenvalue weighted by molar-refractivity contribution is -0.254. The molecule has 0 aromatic rings. The lowest BCUT2D eigenvalue weighted by Crippen LogP contribution is -2.66. The summed E-state index contributed by atoms with van der Waals surface area (Å²) >= 11 is 0. The summed E-state index contributed by atoms with van der Waals surface area (Å²) in [7, 11) is 0. The first-order valence-electron chi connectivity index (χ1n) is 16.4. The van der Waals surface area contributed by atoms with Crippen molar-refractivity contribution < 1.29 is 83.7 Å². The molecule has 16 atom stereocenters. The van der Waals surface area contributed by atoms with E-state index in [-0.39, 0.29) is 26.4 Å². The van der Waals surface area contributed by atoms with Gasteiger partial charge in [0, 0.05) is 32.6 Å². The van der Waals surface area contributed by atoms with E-state index in [0.29, 0.717) is 0 Å². The summed E-state index contributed by atoms with van der Waals surface area (Å²) in [5.41, 5.74) is 0. The number of hydrogen-bond donors (Lipinski definition) is 11. The van der Waals surface area contributed by atoms with Crippen molar-refractivity contribution in [2.24, 2.45) is 11.8 Å². The maximum Gasteiger partial charge on any atom is 0.217 e. The number of ether oxygens (including phenoxy) is 6. The van der Waals surface area contributed by atoms with Gasteiger partial charge in [-0.1, -0.05) is 0 Å². The van der Waals surface area contributed by atoms with Gasteiger partial charge in [0.2, 0.25) is 17.7 Å². The van der Waals surface area contributed by atoms with Crippen LogP contribution < -0.4 is 16.0 Å². The predicted octanol–water partition coefficient (Wildman–Crippen LogP) is -6.20. The maximum atomic E-state index is 12.4. The lowest BCUT2D eigenvalue weighted by Gasteiger charge is -2.47. The highest BCUT2D eigenvalue weighted by Gasteiger charge is 2.50. The number of amides is 3. The molecule has 7 unspecified atom stereocenters. The maximum absolute atomic E-state index is 12.4. The summed E-state index contributed by atoms with van der Waals surface area (Å²) in [4.78, 5) is 35.8. The molecule has 50 heavy (non-hydrogen) atoms. The smallest absolute Gasteiger partial charge is 0.217 e. The van der Waals surface area contributed by atoms with Gasteiger partial charge in [0.15, 0.2) is 12.6 Å². The molecule has 3 heterocycles. The van der Waals surface area contributed by atoms with Gasteiger partial charge >= 0.3 is 0 Å². The van der Waals surface area contributed by atoms with Gasteiger partial charge in [-0.2, -0.15) is 0 Å². The van der Waals surface area contributed by atoms with Gasteiger partial charge in [-0.3, -0.25) is 14.4 Å². The Morgan fingerprint density at radius 1 is 0.600 bits per heavy atom. The SMILES string of the molecule is CC(=O)NC1[C@H](COC[C@@H]2C(CO)O[C@@H](COC[C@@H]3C(CO)O[C@@H](O)C(NC(C)=O)[C@H]3O)C(NC(C)=O)[C@H]2OC(C)O)OC(CO)[C@@H](O)[C@@H]1O. The van der Waals surface area contributed by atoms with Crippen molar-refractivity contribution in [2.45, 2.75) is 113 Å². The number of carbonyl (C=O) groups excluding carboxylic acids is 3. The minimum absolute atomic E-state index is 0.224. The number of nitrogens with one attached hydrogen (secondary N) is 3. The highest BCUT2D eigenvalue weighted by atomic mass is 16.6.